The van der Waals surface area contributed by atoms with E-state index in [1.54, 1.807) is 28.6 Å². The van der Waals surface area contributed by atoms with E-state index >= 15 is 0 Å². The van der Waals surface area contributed by atoms with Crippen molar-refractivity contribution in [3.63, 3.8) is 0 Å². The number of nitrogens with zero attached hydrogens (tertiary/aromatic N) is 2. The smallest absolute Gasteiger partial charge is 0.260 e. The van der Waals surface area contributed by atoms with Crippen molar-refractivity contribution < 1.29 is 9.59 Å². The molecule has 24 heavy (non-hydrogen) atoms. The number of thioether (sulfide) groups is 1. The molecule has 1 aliphatic rings. The first kappa shape index (κ1) is 18.8. The summed E-state index contributed by atoms with van der Waals surface area (Å²) in [5.74, 6) is 0.760. The lowest BCUT2D eigenvalue weighted by Gasteiger charge is -2.41. The summed E-state index contributed by atoms with van der Waals surface area (Å²) >= 11 is 1.56. The molecule has 5 heteroatoms. The molecule has 1 aromatic rings. The molecule has 132 valence electrons. The molecule has 0 bridgehead atoms. The fourth-order valence-electron chi connectivity index (χ4n) is 3.37. The van der Waals surface area contributed by atoms with Crippen molar-refractivity contribution in [3.05, 3.63) is 35.9 Å². The lowest BCUT2D eigenvalue weighted by molar-refractivity contribution is -0.130. The summed E-state index contributed by atoms with van der Waals surface area (Å²) in [4.78, 5) is 29.0. The number of likely N-dealkylation sites (N-methyl/N-ethyl adjacent to an activating group) is 1. The zero-order valence-corrected chi connectivity index (χ0v) is 16.3. The topological polar surface area (TPSA) is 40.6 Å². The van der Waals surface area contributed by atoms with Gasteiger partial charge in [0.25, 0.3) is 11.8 Å². The van der Waals surface area contributed by atoms with Gasteiger partial charge in [-0.1, -0.05) is 45.9 Å². The summed E-state index contributed by atoms with van der Waals surface area (Å²) in [5, 5.41) is 0. The molecule has 1 aromatic carbocycles. The Morgan fingerprint density at radius 1 is 1.25 bits per heavy atom. The first-order valence-corrected chi connectivity index (χ1v) is 9.43. The molecule has 1 saturated heterocycles. The SMILES string of the molecule is CCCS[C@]1(C)C(=O)N(C)[C@H](C(C)(C)C)N1C(=O)c1ccccc1. The van der Waals surface area contributed by atoms with Crippen molar-refractivity contribution >= 4 is 23.6 Å². The van der Waals surface area contributed by atoms with Gasteiger partial charge in [-0.25, -0.2) is 0 Å². The Labute approximate surface area is 149 Å². The van der Waals surface area contributed by atoms with Crippen LogP contribution in [0.1, 0.15) is 51.4 Å². The number of hydrogen-bond acceptors (Lipinski definition) is 3. The third kappa shape index (κ3) is 3.18. The highest BCUT2D eigenvalue weighted by atomic mass is 32.2. The number of benzene rings is 1. The second kappa shape index (κ2) is 6.79. The Morgan fingerprint density at radius 2 is 1.83 bits per heavy atom. The fourth-order valence-corrected chi connectivity index (χ4v) is 4.56. The van der Waals surface area contributed by atoms with E-state index in [2.05, 4.69) is 27.7 Å². The Bertz CT molecular complexity index is 612. The maximum atomic E-state index is 13.3. The molecule has 0 aliphatic carbocycles. The molecule has 0 spiro atoms. The van der Waals surface area contributed by atoms with Crippen LogP contribution in [0, 0.1) is 5.41 Å². The Balaban J connectivity index is 2.53. The normalized spacial score (nSPS) is 24.6. The molecule has 0 unspecified atom stereocenters. The summed E-state index contributed by atoms with van der Waals surface area (Å²) in [7, 11) is 1.81. The summed E-state index contributed by atoms with van der Waals surface area (Å²) < 4.78 is 0. The minimum Gasteiger partial charge on any atom is -0.322 e. The number of rotatable bonds is 4. The summed E-state index contributed by atoms with van der Waals surface area (Å²) in [6.07, 6.45) is 0.692. The van der Waals surface area contributed by atoms with E-state index in [1.165, 1.54) is 0 Å². The maximum Gasteiger partial charge on any atom is 0.260 e. The van der Waals surface area contributed by atoms with E-state index in [0.717, 1.165) is 12.2 Å². The van der Waals surface area contributed by atoms with Crippen LogP contribution in [0.2, 0.25) is 0 Å². The second-order valence-electron chi connectivity index (χ2n) is 7.53. The van der Waals surface area contributed by atoms with Gasteiger partial charge in [0.15, 0.2) is 4.87 Å². The van der Waals surface area contributed by atoms with Crippen molar-refractivity contribution in [2.24, 2.45) is 5.41 Å². The van der Waals surface area contributed by atoms with E-state index in [4.69, 9.17) is 0 Å². The highest BCUT2D eigenvalue weighted by molar-refractivity contribution is 8.01. The van der Waals surface area contributed by atoms with Gasteiger partial charge >= 0.3 is 0 Å². The standard InChI is InChI=1S/C19H28N2O2S/c1-7-13-24-19(5)17(23)20(6)16(18(2,3)4)21(19)15(22)14-11-9-8-10-12-14/h8-12,16H,7,13H2,1-6H3/t16-,19+/m0/s1. The fraction of sp³-hybridized carbons (Fsp3) is 0.579. The van der Waals surface area contributed by atoms with E-state index in [9.17, 15) is 9.59 Å². The minimum absolute atomic E-state index is 0.00477. The van der Waals surface area contributed by atoms with Crippen molar-refractivity contribution in [1.29, 1.82) is 0 Å². The first-order valence-electron chi connectivity index (χ1n) is 8.44. The summed E-state index contributed by atoms with van der Waals surface area (Å²) in [6, 6.07) is 9.24. The van der Waals surface area contributed by atoms with E-state index in [1.807, 2.05) is 37.3 Å². The Hall–Kier alpha value is -1.49. The molecular weight excluding hydrogens is 320 g/mol. The van der Waals surface area contributed by atoms with Crippen molar-refractivity contribution in [2.45, 2.75) is 52.1 Å². The molecule has 2 amide bonds. The Kier molecular flexibility index (Phi) is 5.33. The van der Waals surface area contributed by atoms with Crippen LogP contribution in [-0.2, 0) is 4.79 Å². The van der Waals surface area contributed by atoms with Crippen LogP contribution < -0.4 is 0 Å². The lowest BCUT2D eigenvalue weighted by atomic mass is 9.90. The third-order valence-corrected chi connectivity index (χ3v) is 5.94. The van der Waals surface area contributed by atoms with Gasteiger partial charge in [0.1, 0.15) is 6.17 Å². The minimum atomic E-state index is -0.865. The molecular formula is C19H28N2O2S. The number of carbonyl (C=O) groups is 2. The molecule has 0 aromatic heterocycles. The highest BCUT2D eigenvalue weighted by Crippen LogP contribution is 2.45. The maximum absolute atomic E-state index is 13.3. The zero-order valence-electron chi connectivity index (χ0n) is 15.5. The van der Waals surface area contributed by atoms with E-state index in [0.29, 0.717) is 5.56 Å². The Morgan fingerprint density at radius 3 is 2.33 bits per heavy atom. The first-order chi connectivity index (χ1) is 11.1. The van der Waals surface area contributed by atoms with Gasteiger partial charge in [-0.15, -0.1) is 11.8 Å². The lowest BCUT2D eigenvalue weighted by Crippen LogP contribution is -2.53. The average Bonchev–Trinajstić information content (AvgIpc) is 2.74. The van der Waals surface area contributed by atoms with Gasteiger partial charge in [0.05, 0.1) is 0 Å². The molecule has 0 N–H and O–H groups in total. The van der Waals surface area contributed by atoms with E-state index < -0.39 is 4.87 Å². The molecule has 1 aliphatic heterocycles. The van der Waals surface area contributed by atoms with Crippen LogP contribution in [0.3, 0.4) is 0 Å². The number of hydrogen-bond donors (Lipinski definition) is 0. The molecule has 1 fully saturated rings. The second-order valence-corrected chi connectivity index (χ2v) is 9.02. The number of carbonyl (C=O) groups excluding carboxylic acids is 2. The van der Waals surface area contributed by atoms with Gasteiger partial charge in [-0.3, -0.25) is 14.5 Å². The van der Waals surface area contributed by atoms with Gasteiger partial charge in [0, 0.05) is 18.0 Å². The van der Waals surface area contributed by atoms with Gasteiger partial charge in [-0.05, 0) is 31.2 Å². The predicted molar refractivity (Wildman–Crippen MR) is 99.8 cm³/mol. The molecule has 2 atom stereocenters. The molecule has 2 rings (SSSR count). The van der Waals surface area contributed by atoms with Crippen LogP contribution in [0.25, 0.3) is 0 Å². The van der Waals surface area contributed by atoms with Crippen molar-refractivity contribution in [3.8, 4) is 0 Å². The third-order valence-electron chi connectivity index (χ3n) is 4.39. The van der Waals surface area contributed by atoms with Gasteiger partial charge in [0.2, 0.25) is 0 Å². The van der Waals surface area contributed by atoms with Gasteiger partial charge < -0.3 is 4.90 Å². The van der Waals surface area contributed by atoms with Crippen molar-refractivity contribution in [2.75, 3.05) is 12.8 Å². The molecule has 1 heterocycles. The molecule has 4 nitrogen and oxygen atoms in total. The van der Waals surface area contributed by atoms with Crippen molar-refractivity contribution in [1.82, 2.24) is 9.80 Å². The zero-order chi connectivity index (χ0) is 18.1. The van der Waals surface area contributed by atoms with Crippen LogP contribution >= 0.6 is 11.8 Å². The summed E-state index contributed by atoms with van der Waals surface area (Å²) in [5.41, 5.74) is 0.387. The van der Waals surface area contributed by atoms with Gasteiger partial charge in [-0.2, -0.15) is 0 Å². The predicted octanol–water partition coefficient (Wildman–Crippen LogP) is 3.83. The van der Waals surface area contributed by atoms with E-state index in [-0.39, 0.29) is 23.4 Å². The summed E-state index contributed by atoms with van der Waals surface area (Å²) in [6.45, 7) is 10.2. The molecule has 0 saturated carbocycles. The largest absolute Gasteiger partial charge is 0.322 e. The quantitative estimate of drug-likeness (QED) is 0.830. The average molecular weight is 349 g/mol. The molecule has 0 radical (unpaired) electrons. The monoisotopic (exact) mass is 348 g/mol. The van der Waals surface area contributed by atoms with Crippen LogP contribution in [-0.4, -0.2) is 45.5 Å². The number of amides is 2. The van der Waals surface area contributed by atoms with Crippen LogP contribution in [0.4, 0.5) is 0 Å². The van der Waals surface area contributed by atoms with Crippen LogP contribution in [0.5, 0.6) is 0 Å². The van der Waals surface area contributed by atoms with Crippen LogP contribution in [0.15, 0.2) is 30.3 Å². The highest BCUT2D eigenvalue weighted by Gasteiger charge is 2.58.